The van der Waals surface area contributed by atoms with Crippen LogP contribution in [0.25, 0.3) is 0 Å². The molecule has 0 fully saturated rings. The van der Waals surface area contributed by atoms with E-state index in [9.17, 15) is 25.1 Å². The smallest absolute Gasteiger partial charge is 0.308 e. The summed E-state index contributed by atoms with van der Waals surface area (Å²) in [6.07, 6.45) is -3.12. The molecule has 19 heavy (non-hydrogen) atoms. The van der Waals surface area contributed by atoms with E-state index in [1.807, 2.05) is 0 Å². The lowest BCUT2D eigenvalue weighted by molar-refractivity contribution is -0.385. The number of hydrogen-bond acceptors (Lipinski definition) is 5. The van der Waals surface area contributed by atoms with Gasteiger partial charge in [-0.25, -0.2) is 0 Å². The molecule has 8 heteroatoms. The highest BCUT2D eigenvalue weighted by Gasteiger charge is 2.22. The summed E-state index contributed by atoms with van der Waals surface area (Å²) in [5.41, 5.74) is -0.288. The van der Waals surface area contributed by atoms with Crippen LogP contribution in [0.1, 0.15) is 17.2 Å². The third-order valence-electron chi connectivity index (χ3n) is 2.51. The number of rotatable bonds is 6. The standard InChI is InChI=1S/C11H12ClNO6/c12-5-9(14)11(17)7-2-1-6(4-10(15)16)8(3-7)13(18)19/h1-3,9,11,14,17H,4-5H2,(H,15,16). The fourth-order valence-corrected chi connectivity index (χ4v) is 1.72. The van der Waals surface area contributed by atoms with Crippen LogP contribution >= 0.6 is 11.6 Å². The van der Waals surface area contributed by atoms with E-state index in [0.717, 1.165) is 6.07 Å². The molecule has 1 aromatic carbocycles. The Bertz CT molecular complexity index is 492. The van der Waals surface area contributed by atoms with Gasteiger partial charge in [-0.2, -0.15) is 0 Å². The Kier molecular flexibility index (Phi) is 5.22. The van der Waals surface area contributed by atoms with E-state index in [2.05, 4.69) is 0 Å². The average Bonchev–Trinajstić information content (AvgIpc) is 2.36. The monoisotopic (exact) mass is 289 g/mol. The minimum absolute atomic E-state index is 0.0220. The van der Waals surface area contributed by atoms with Crippen LogP contribution in [0.5, 0.6) is 0 Å². The van der Waals surface area contributed by atoms with Crippen molar-refractivity contribution >= 4 is 23.3 Å². The highest BCUT2D eigenvalue weighted by molar-refractivity contribution is 6.18. The normalized spacial score (nSPS) is 13.8. The number of alkyl halides is 1. The fourth-order valence-electron chi connectivity index (χ4n) is 1.55. The van der Waals surface area contributed by atoms with Crippen molar-refractivity contribution in [1.82, 2.24) is 0 Å². The number of aliphatic hydroxyl groups is 2. The summed E-state index contributed by atoms with van der Waals surface area (Å²) in [4.78, 5) is 20.7. The Hall–Kier alpha value is -1.70. The molecule has 3 N–H and O–H groups in total. The van der Waals surface area contributed by atoms with Gasteiger partial charge in [-0.1, -0.05) is 12.1 Å². The maximum absolute atomic E-state index is 10.9. The minimum Gasteiger partial charge on any atom is -0.481 e. The molecule has 0 amide bonds. The third-order valence-corrected chi connectivity index (χ3v) is 2.83. The SMILES string of the molecule is O=C(O)Cc1ccc(C(O)C(O)CCl)cc1[N+](=O)[O-]. The molecule has 104 valence electrons. The fraction of sp³-hybridized carbons (Fsp3) is 0.364. The molecule has 0 aromatic heterocycles. The lowest BCUT2D eigenvalue weighted by Crippen LogP contribution is -2.20. The molecule has 1 aromatic rings. The van der Waals surface area contributed by atoms with Crippen molar-refractivity contribution in [2.24, 2.45) is 0 Å². The molecule has 2 unspecified atom stereocenters. The summed E-state index contributed by atoms with van der Waals surface area (Å²) in [7, 11) is 0. The molecule has 0 heterocycles. The van der Waals surface area contributed by atoms with E-state index in [4.69, 9.17) is 16.7 Å². The molecule has 0 aliphatic carbocycles. The van der Waals surface area contributed by atoms with Gasteiger partial charge in [0.05, 0.1) is 23.3 Å². The van der Waals surface area contributed by atoms with Gasteiger partial charge >= 0.3 is 5.97 Å². The quantitative estimate of drug-likeness (QED) is 0.405. The summed E-state index contributed by atoms with van der Waals surface area (Å²) >= 11 is 5.38. The van der Waals surface area contributed by atoms with Gasteiger partial charge in [0.1, 0.15) is 6.10 Å². The Balaban J connectivity index is 3.15. The van der Waals surface area contributed by atoms with Gasteiger partial charge in [0.25, 0.3) is 5.69 Å². The first-order valence-electron chi connectivity index (χ1n) is 5.28. The van der Waals surface area contributed by atoms with E-state index < -0.39 is 35.2 Å². The van der Waals surface area contributed by atoms with E-state index in [-0.39, 0.29) is 17.0 Å². The zero-order valence-corrected chi connectivity index (χ0v) is 10.4. The first-order chi connectivity index (χ1) is 8.86. The predicted octanol–water partition coefficient (Wildman–Crippen LogP) is 0.855. The average molecular weight is 290 g/mol. The summed E-state index contributed by atoms with van der Waals surface area (Å²) < 4.78 is 0. The van der Waals surface area contributed by atoms with E-state index >= 15 is 0 Å². The largest absolute Gasteiger partial charge is 0.481 e. The van der Waals surface area contributed by atoms with Gasteiger partial charge in [0, 0.05) is 11.6 Å². The Labute approximate surface area is 113 Å². The molecule has 0 aliphatic heterocycles. The van der Waals surface area contributed by atoms with Gasteiger partial charge in [-0.05, 0) is 5.56 Å². The lowest BCUT2D eigenvalue weighted by atomic mass is 10.0. The summed E-state index contributed by atoms with van der Waals surface area (Å²) in [5, 5.41) is 38.6. The number of carboxylic acid groups (broad SMARTS) is 1. The maximum Gasteiger partial charge on any atom is 0.308 e. The Morgan fingerprint density at radius 2 is 2.05 bits per heavy atom. The van der Waals surface area contributed by atoms with Crippen molar-refractivity contribution in [2.45, 2.75) is 18.6 Å². The number of nitro benzene ring substituents is 1. The number of carboxylic acids is 1. The number of nitro groups is 1. The molecular weight excluding hydrogens is 278 g/mol. The number of hydrogen-bond donors (Lipinski definition) is 3. The third kappa shape index (κ3) is 3.88. The molecule has 0 bridgehead atoms. The summed E-state index contributed by atoms with van der Waals surface area (Å²) in [6, 6.07) is 3.61. The van der Waals surface area contributed by atoms with Crippen molar-refractivity contribution in [1.29, 1.82) is 0 Å². The van der Waals surface area contributed by atoms with Crippen LogP contribution in [0.2, 0.25) is 0 Å². The van der Waals surface area contributed by atoms with Crippen LogP contribution in [0.15, 0.2) is 18.2 Å². The number of halogens is 1. The van der Waals surface area contributed by atoms with E-state index in [0.29, 0.717) is 0 Å². The Morgan fingerprint density at radius 3 is 2.53 bits per heavy atom. The molecular formula is C11H12ClNO6. The molecule has 7 nitrogen and oxygen atoms in total. The summed E-state index contributed by atoms with van der Waals surface area (Å²) in [5.74, 6) is -1.43. The van der Waals surface area contributed by atoms with Crippen LogP contribution in [0.3, 0.4) is 0 Å². The Morgan fingerprint density at radius 1 is 1.42 bits per heavy atom. The maximum atomic E-state index is 10.9. The predicted molar refractivity (Wildman–Crippen MR) is 66.1 cm³/mol. The van der Waals surface area contributed by atoms with Crippen molar-refractivity contribution in [2.75, 3.05) is 5.88 Å². The van der Waals surface area contributed by atoms with E-state index in [1.54, 1.807) is 0 Å². The minimum atomic E-state index is -1.37. The van der Waals surface area contributed by atoms with Crippen LogP contribution < -0.4 is 0 Å². The molecule has 0 aliphatic rings. The molecule has 0 spiro atoms. The molecule has 1 rings (SSSR count). The van der Waals surface area contributed by atoms with Crippen LogP contribution in [-0.4, -0.2) is 38.2 Å². The first kappa shape index (κ1) is 15.4. The number of aliphatic hydroxyl groups excluding tert-OH is 2. The van der Waals surface area contributed by atoms with Gasteiger partial charge in [-0.3, -0.25) is 14.9 Å². The first-order valence-corrected chi connectivity index (χ1v) is 5.81. The number of carbonyl (C=O) groups is 1. The topological polar surface area (TPSA) is 121 Å². The van der Waals surface area contributed by atoms with Gasteiger partial charge in [-0.15, -0.1) is 11.6 Å². The van der Waals surface area contributed by atoms with Gasteiger partial charge < -0.3 is 15.3 Å². The van der Waals surface area contributed by atoms with Crippen molar-refractivity contribution in [3.8, 4) is 0 Å². The second-order valence-electron chi connectivity index (χ2n) is 3.88. The second-order valence-corrected chi connectivity index (χ2v) is 4.19. The van der Waals surface area contributed by atoms with Crippen molar-refractivity contribution in [3.05, 3.63) is 39.4 Å². The number of nitrogens with zero attached hydrogens (tertiary/aromatic N) is 1. The number of aliphatic carboxylic acids is 1. The zero-order valence-electron chi connectivity index (χ0n) is 9.69. The van der Waals surface area contributed by atoms with Crippen molar-refractivity contribution < 1.29 is 25.0 Å². The highest BCUT2D eigenvalue weighted by Crippen LogP contribution is 2.26. The molecule has 0 radical (unpaired) electrons. The van der Waals surface area contributed by atoms with Crippen LogP contribution in [-0.2, 0) is 11.2 Å². The zero-order chi connectivity index (χ0) is 14.6. The molecule has 2 atom stereocenters. The van der Waals surface area contributed by atoms with Crippen LogP contribution in [0.4, 0.5) is 5.69 Å². The lowest BCUT2D eigenvalue weighted by Gasteiger charge is -2.16. The van der Waals surface area contributed by atoms with Crippen LogP contribution in [0, 0.1) is 10.1 Å². The second kappa shape index (κ2) is 6.46. The summed E-state index contributed by atoms with van der Waals surface area (Å²) in [6.45, 7) is 0. The van der Waals surface area contributed by atoms with Gasteiger partial charge in [0.15, 0.2) is 0 Å². The highest BCUT2D eigenvalue weighted by atomic mass is 35.5. The number of benzene rings is 1. The van der Waals surface area contributed by atoms with Gasteiger partial charge in [0.2, 0.25) is 0 Å². The molecule has 0 saturated heterocycles. The van der Waals surface area contributed by atoms with Crippen molar-refractivity contribution in [3.63, 3.8) is 0 Å². The molecule has 0 saturated carbocycles. The van der Waals surface area contributed by atoms with E-state index in [1.165, 1.54) is 12.1 Å².